The van der Waals surface area contributed by atoms with Gasteiger partial charge in [-0.2, -0.15) is 0 Å². The summed E-state index contributed by atoms with van der Waals surface area (Å²) in [6, 6.07) is 17.4. The molecule has 0 aliphatic rings. The average Bonchev–Trinajstić information content (AvgIpc) is 2.58. The number of nitrogens with zero attached hydrogens (tertiary/aromatic N) is 1. The first kappa shape index (κ1) is 23.2. The van der Waals surface area contributed by atoms with Crippen LogP contribution in [0.4, 0.5) is 0 Å². The van der Waals surface area contributed by atoms with Gasteiger partial charge in [-0.25, -0.2) is 0 Å². The van der Waals surface area contributed by atoms with E-state index in [0.29, 0.717) is 17.8 Å². The number of rotatable bonds is 7. The van der Waals surface area contributed by atoms with Crippen LogP contribution in [0.25, 0.3) is 0 Å². The molecule has 0 fully saturated rings. The summed E-state index contributed by atoms with van der Waals surface area (Å²) in [5.74, 6) is 0.564. The Hall–Kier alpha value is -0.840. The van der Waals surface area contributed by atoms with Gasteiger partial charge >= 0.3 is 0 Å². The normalized spacial score (nSPS) is 12.9. The van der Waals surface area contributed by atoms with E-state index in [-0.39, 0.29) is 22.9 Å². The summed E-state index contributed by atoms with van der Waals surface area (Å²) >= 11 is 3.56. The second-order valence-electron chi connectivity index (χ2n) is 7.71. The third-order valence-corrected chi connectivity index (χ3v) is 6.32. The van der Waals surface area contributed by atoms with Crippen molar-refractivity contribution in [1.29, 1.82) is 0 Å². The Balaban J connectivity index is 0.00000338. The SMILES string of the molecule is CC(C)[N+](C)(CC[C@H](c1ccccc1)c1cc(Br)ccc1O)C(C)C.[Br-]. The van der Waals surface area contributed by atoms with Crippen molar-refractivity contribution in [3.05, 3.63) is 64.1 Å². The Morgan fingerprint density at radius 3 is 2.08 bits per heavy atom. The van der Waals surface area contributed by atoms with E-state index in [1.807, 2.05) is 12.1 Å². The van der Waals surface area contributed by atoms with Gasteiger partial charge in [-0.1, -0.05) is 46.3 Å². The highest BCUT2D eigenvalue weighted by atomic mass is 79.9. The minimum Gasteiger partial charge on any atom is -1.00 e. The van der Waals surface area contributed by atoms with Crippen LogP contribution < -0.4 is 17.0 Å². The van der Waals surface area contributed by atoms with Crippen LogP contribution in [0.3, 0.4) is 0 Å². The van der Waals surface area contributed by atoms with Crippen molar-refractivity contribution in [2.75, 3.05) is 13.6 Å². The third-order valence-electron chi connectivity index (χ3n) is 5.83. The molecule has 1 atom stereocenters. The quantitative estimate of drug-likeness (QED) is 0.599. The molecule has 0 saturated carbocycles. The molecule has 0 spiro atoms. The average molecular weight is 485 g/mol. The van der Waals surface area contributed by atoms with Gasteiger partial charge in [-0.3, -0.25) is 0 Å². The molecule has 0 aliphatic carbocycles. The van der Waals surface area contributed by atoms with Crippen LogP contribution in [0.1, 0.15) is 51.2 Å². The van der Waals surface area contributed by atoms with Gasteiger partial charge in [0, 0.05) is 22.4 Å². The van der Waals surface area contributed by atoms with E-state index in [1.165, 1.54) is 5.56 Å². The summed E-state index contributed by atoms with van der Waals surface area (Å²) in [5, 5.41) is 10.5. The number of aromatic hydroxyl groups is 1. The highest BCUT2D eigenvalue weighted by Crippen LogP contribution is 2.36. The fraction of sp³-hybridized carbons (Fsp3) is 0.455. The van der Waals surface area contributed by atoms with Gasteiger partial charge < -0.3 is 26.6 Å². The molecule has 0 saturated heterocycles. The van der Waals surface area contributed by atoms with Crippen molar-refractivity contribution in [3.8, 4) is 5.75 Å². The summed E-state index contributed by atoms with van der Waals surface area (Å²) in [6.45, 7) is 10.3. The van der Waals surface area contributed by atoms with Gasteiger partial charge in [0.05, 0.1) is 25.7 Å². The Morgan fingerprint density at radius 1 is 0.962 bits per heavy atom. The molecule has 0 amide bonds. The number of hydrogen-bond acceptors (Lipinski definition) is 1. The molecule has 26 heavy (non-hydrogen) atoms. The van der Waals surface area contributed by atoms with E-state index in [1.54, 1.807) is 6.07 Å². The maximum atomic E-state index is 10.5. The molecule has 0 radical (unpaired) electrons. The molecule has 144 valence electrons. The molecule has 4 heteroatoms. The number of quaternary nitrogens is 1. The first-order valence-corrected chi connectivity index (χ1v) is 9.93. The minimum atomic E-state index is 0. The zero-order valence-corrected chi connectivity index (χ0v) is 19.6. The lowest BCUT2D eigenvalue weighted by molar-refractivity contribution is -0.949. The molecular weight excluding hydrogens is 454 g/mol. The third kappa shape index (κ3) is 5.34. The monoisotopic (exact) mass is 483 g/mol. The molecule has 0 bridgehead atoms. The number of phenolic OH excluding ortho intramolecular Hbond substituents is 1. The van der Waals surface area contributed by atoms with E-state index in [2.05, 4.69) is 81.0 Å². The second-order valence-corrected chi connectivity index (χ2v) is 8.63. The van der Waals surface area contributed by atoms with Crippen LogP contribution in [0, 0.1) is 0 Å². The van der Waals surface area contributed by atoms with Crippen molar-refractivity contribution < 1.29 is 26.6 Å². The van der Waals surface area contributed by atoms with Crippen molar-refractivity contribution in [2.45, 2.75) is 52.1 Å². The molecule has 1 N–H and O–H groups in total. The predicted molar refractivity (Wildman–Crippen MR) is 110 cm³/mol. The second kappa shape index (κ2) is 9.91. The van der Waals surface area contributed by atoms with E-state index < -0.39 is 0 Å². The van der Waals surface area contributed by atoms with Gasteiger partial charge in [0.25, 0.3) is 0 Å². The number of halogens is 2. The van der Waals surface area contributed by atoms with Gasteiger partial charge in [0.2, 0.25) is 0 Å². The summed E-state index contributed by atoms with van der Waals surface area (Å²) in [7, 11) is 2.35. The Kier molecular flexibility index (Phi) is 8.84. The van der Waals surface area contributed by atoms with Crippen LogP contribution >= 0.6 is 15.9 Å². The lowest BCUT2D eigenvalue weighted by Crippen LogP contribution is -3.00. The van der Waals surface area contributed by atoms with Crippen LogP contribution in [0.5, 0.6) is 5.75 Å². The topological polar surface area (TPSA) is 20.2 Å². The van der Waals surface area contributed by atoms with Gasteiger partial charge in [-0.05, 0) is 51.5 Å². The Morgan fingerprint density at radius 2 is 1.54 bits per heavy atom. The van der Waals surface area contributed by atoms with Crippen molar-refractivity contribution in [3.63, 3.8) is 0 Å². The molecule has 0 aliphatic heterocycles. The lowest BCUT2D eigenvalue weighted by Gasteiger charge is -2.43. The van der Waals surface area contributed by atoms with Crippen LogP contribution in [-0.2, 0) is 0 Å². The minimum absolute atomic E-state index is 0. The molecule has 2 rings (SSSR count). The molecule has 0 heterocycles. The van der Waals surface area contributed by atoms with E-state index in [0.717, 1.165) is 27.5 Å². The lowest BCUT2D eigenvalue weighted by atomic mass is 9.87. The molecule has 2 aromatic carbocycles. The highest BCUT2D eigenvalue weighted by Gasteiger charge is 2.31. The van der Waals surface area contributed by atoms with Crippen molar-refractivity contribution >= 4 is 15.9 Å². The summed E-state index contributed by atoms with van der Waals surface area (Å²) in [6.07, 6.45) is 1.00. The standard InChI is InChI=1S/C22H30BrNO.BrH/c1-16(2)24(5,17(3)4)14-13-20(18-9-7-6-8-10-18)21-15-19(23)11-12-22(21)25;/h6-12,15-17,20H,13-14H2,1-5H3;1H/t20-;/m1./s1. The maximum absolute atomic E-state index is 10.5. The molecule has 2 aromatic rings. The molecule has 2 nitrogen and oxygen atoms in total. The van der Waals surface area contributed by atoms with Gasteiger partial charge in [0.1, 0.15) is 5.75 Å². The number of hydrogen-bond donors (Lipinski definition) is 1. The van der Waals surface area contributed by atoms with Crippen molar-refractivity contribution in [2.24, 2.45) is 0 Å². The first-order chi connectivity index (χ1) is 11.8. The van der Waals surface area contributed by atoms with Gasteiger partial charge in [0.15, 0.2) is 0 Å². The van der Waals surface area contributed by atoms with Gasteiger partial charge in [-0.15, -0.1) is 0 Å². The number of benzene rings is 2. The summed E-state index contributed by atoms with van der Waals surface area (Å²) in [5.41, 5.74) is 2.26. The first-order valence-electron chi connectivity index (χ1n) is 9.14. The largest absolute Gasteiger partial charge is 1.00 e. The molecule has 0 unspecified atom stereocenters. The molecule has 0 aromatic heterocycles. The zero-order valence-electron chi connectivity index (χ0n) is 16.4. The predicted octanol–water partition coefficient (Wildman–Crippen LogP) is 2.94. The van der Waals surface area contributed by atoms with E-state index >= 15 is 0 Å². The van der Waals surface area contributed by atoms with Crippen LogP contribution in [0.2, 0.25) is 0 Å². The smallest absolute Gasteiger partial charge is 0.119 e. The maximum Gasteiger partial charge on any atom is 0.119 e. The fourth-order valence-electron chi connectivity index (χ4n) is 3.51. The highest BCUT2D eigenvalue weighted by molar-refractivity contribution is 9.10. The Labute approximate surface area is 177 Å². The summed E-state index contributed by atoms with van der Waals surface area (Å²) < 4.78 is 2.03. The Bertz CT molecular complexity index is 678. The van der Waals surface area contributed by atoms with Crippen LogP contribution in [-0.4, -0.2) is 35.3 Å². The van der Waals surface area contributed by atoms with E-state index in [9.17, 15) is 5.11 Å². The fourth-order valence-corrected chi connectivity index (χ4v) is 3.89. The molecular formula is C22H31Br2NO. The zero-order chi connectivity index (χ0) is 18.6. The van der Waals surface area contributed by atoms with Crippen LogP contribution in [0.15, 0.2) is 53.0 Å². The van der Waals surface area contributed by atoms with Crippen molar-refractivity contribution in [1.82, 2.24) is 0 Å². The number of phenols is 1. The summed E-state index contributed by atoms with van der Waals surface area (Å²) in [4.78, 5) is 0. The van der Waals surface area contributed by atoms with E-state index in [4.69, 9.17) is 0 Å².